The lowest BCUT2D eigenvalue weighted by molar-refractivity contribution is 0.406. The lowest BCUT2D eigenvalue weighted by atomic mass is 10.2. The molecule has 2 aromatic rings. The van der Waals surface area contributed by atoms with Crippen LogP contribution >= 0.6 is 11.3 Å². The second kappa shape index (κ2) is 3.75. The highest BCUT2D eigenvalue weighted by molar-refractivity contribution is 7.18. The molecular formula is C10H13N3OS. The summed E-state index contributed by atoms with van der Waals surface area (Å²) in [4.78, 5) is 22.5. The topological polar surface area (TPSA) is 49.0 Å². The Kier molecular flexibility index (Phi) is 2.58. The maximum Gasteiger partial charge on any atom is 0.259 e. The summed E-state index contributed by atoms with van der Waals surface area (Å²) in [5.41, 5.74) is 1.01. The van der Waals surface area contributed by atoms with E-state index in [1.165, 1.54) is 11.2 Å². The van der Waals surface area contributed by atoms with Crippen molar-refractivity contribution in [1.82, 2.24) is 14.9 Å². The van der Waals surface area contributed by atoms with E-state index in [0.29, 0.717) is 0 Å². The minimum atomic E-state index is -0.0428. The summed E-state index contributed by atoms with van der Waals surface area (Å²) in [6, 6.07) is 0. The second-order valence-corrected chi connectivity index (χ2v) is 4.88. The van der Waals surface area contributed by atoms with E-state index in [1.54, 1.807) is 11.3 Å². The van der Waals surface area contributed by atoms with E-state index >= 15 is 0 Å². The molecule has 0 amide bonds. The first kappa shape index (κ1) is 10.3. The third kappa shape index (κ3) is 1.80. The zero-order valence-electron chi connectivity index (χ0n) is 9.00. The number of fused-ring (bicyclic) bond motifs is 1. The van der Waals surface area contributed by atoms with Gasteiger partial charge in [0.15, 0.2) is 0 Å². The van der Waals surface area contributed by atoms with E-state index in [4.69, 9.17) is 0 Å². The third-order valence-electron chi connectivity index (χ3n) is 2.29. The van der Waals surface area contributed by atoms with Crippen LogP contribution in [0.25, 0.3) is 10.2 Å². The van der Waals surface area contributed by atoms with E-state index in [9.17, 15) is 4.79 Å². The Labute approximate surface area is 91.6 Å². The number of rotatable bonds is 2. The molecule has 0 aromatic carbocycles. The van der Waals surface area contributed by atoms with Crippen LogP contribution < -0.4 is 5.56 Å². The molecule has 0 spiro atoms. The smallest absolute Gasteiger partial charge is 0.259 e. The fourth-order valence-electron chi connectivity index (χ4n) is 1.56. The summed E-state index contributed by atoms with van der Waals surface area (Å²) in [5.74, 6) is 0. The van der Waals surface area contributed by atoms with E-state index in [-0.39, 0.29) is 5.56 Å². The van der Waals surface area contributed by atoms with Crippen molar-refractivity contribution in [3.8, 4) is 0 Å². The molecule has 1 N–H and O–H groups in total. The highest BCUT2D eigenvalue weighted by atomic mass is 32.1. The lowest BCUT2D eigenvalue weighted by Crippen LogP contribution is -2.10. The van der Waals surface area contributed by atoms with Crippen LogP contribution in [0.5, 0.6) is 0 Å². The number of thiophene rings is 1. The third-order valence-corrected chi connectivity index (χ3v) is 3.48. The molecule has 2 aromatic heterocycles. The molecule has 0 unspecified atom stereocenters. The first-order valence-corrected chi connectivity index (χ1v) is 5.51. The van der Waals surface area contributed by atoms with Gasteiger partial charge in [-0.1, -0.05) is 0 Å². The van der Waals surface area contributed by atoms with Crippen molar-refractivity contribution in [1.29, 1.82) is 0 Å². The number of nitrogens with zero attached hydrogens (tertiary/aromatic N) is 2. The van der Waals surface area contributed by atoms with E-state index in [2.05, 4.69) is 14.9 Å². The van der Waals surface area contributed by atoms with Gasteiger partial charge in [-0.15, -0.1) is 11.3 Å². The molecule has 80 valence electrons. The Morgan fingerprint density at radius 1 is 1.53 bits per heavy atom. The van der Waals surface area contributed by atoms with Crippen molar-refractivity contribution >= 4 is 21.6 Å². The number of aryl methyl sites for hydroxylation is 1. The van der Waals surface area contributed by atoms with Crippen molar-refractivity contribution in [2.45, 2.75) is 13.5 Å². The van der Waals surface area contributed by atoms with Gasteiger partial charge in [-0.25, -0.2) is 4.98 Å². The van der Waals surface area contributed by atoms with E-state index in [1.807, 2.05) is 21.0 Å². The fraction of sp³-hybridized carbons (Fsp3) is 0.400. The van der Waals surface area contributed by atoms with Gasteiger partial charge < -0.3 is 9.88 Å². The minimum Gasteiger partial charge on any atom is -0.313 e. The number of hydrogen-bond acceptors (Lipinski definition) is 4. The molecule has 0 bridgehead atoms. The quantitative estimate of drug-likeness (QED) is 0.836. The molecule has 0 aliphatic rings. The molecule has 0 fully saturated rings. The van der Waals surface area contributed by atoms with Crippen LogP contribution in [-0.2, 0) is 6.54 Å². The predicted octanol–water partition coefficient (Wildman–Crippen LogP) is 1.35. The van der Waals surface area contributed by atoms with Gasteiger partial charge >= 0.3 is 0 Å². The molecule has 2 rings (SSSR count). The van der Waals surface area contributed by atoms with Crippen LogP contribution in [0.4, 0.5) is 0 Å². The van der Waals surface area contributed by atoms with Crippen LogP contribution in [-0.4, -0.2) is 29.0 Å². The molecule has 0 saturated carbocycles. The molecule has 4 nitrogen and oxygen atoms in total. The largest absolute Gasteiger partial charge is 0.313 e. The number of aromatic amines is 1. The number of H-pyrrole nitrogens is 1. The molecule has 0 radical (unpaired) electrons. The standard InChI is InChI=1S/C10H13N3OS/c1-6-7(4-13(2)3)15-10-8(6)9(14)11-5-12-10/h5H,4H2,1-3H3,(H,11,12,14). The van der Waals surface area contributed by atoms with Crippen molar-refractivity contribution in [3.05, 3.63) is 27.1 Å². The average Bonchev–Trinajstić information content (AvgIpc) is 2.44. The summed E-state index contributed by atoms with van der Waals surface area (Å²) in [6.07, 6.45) is 1.46. The van der Waals surface area contributed by atoms with Gasteiger partial charge in [0.25, 0.3) is 5.56 Å². The van der Waals surface area contributed by atoms with E-state index < -0.39 is 0 Å². The highest BCUT2D eigenvalue weighted by Crippen LogP contribution is 2.26. The molecule has 0 aliphatic heterocycles. The molecule has 0 aliphatic carbocycles. The molecule has 5 heteroatoms. The summed E-state index contributed by atoms with van der Waals surface area (Å²) in [6.45, 7) is 2.83. The van der Waals surface area contributed by atoms with Crippen LogP contribution in [0.15, 0.2) is 11.1 Å². The van der Waals surface area contributed by atoms with Crippen LogP contribution in [0.1, 0.15) is 10.4 Å². The Hall–Kier alpha value is -1.20. The summed E-state index contributed by atoms with van der Waals surface area (Å²) >= 11 is 1.59. The Bertz CT molecular complexity index is 541. The summed E-state index contributed by atoms with van der Waals surface area (Å²) in [7, 11) is 4.03. The van der Waals surface area contributed by atoms with Crippen LogP contribution in [0.3, 0.4) is 0 Å². The zero-order valence-corrected chi connectivity index (χ0v) is 9.81. The maximum atomic E-state index is 11.6. The molecule has 0 atom stereocenters. The SMILES string of the molecule is Cc1c(CN(C)C)sc2nc[nH]c(=O)c12. The normalized spacial score (nSPS) is 11.5. The van der Waals surface area contributed by atoms with Gasteiger partial charge in [0.1, 0.15) is 4.83 Å². The number of aromatic nitrogens is 2. The van der Waals surface area contributed by atoms with Crippen molar-refractivity contribution in [3.63, 3.8) is 0 Å². The van der Waals surface area contributed by atoms with Gasteiger partial charge in [0.05, 0.1) is 11.7 Å². The zero-order chi connectivity index (χ0) is 11.0. The molecular weight excluding hydrogens is 210 g/mol. The van der Waals surface area contributed by atoms with E-state index in [0.717, 1.165) is 22.3 Å². The van der Waals surface area contributed by atoms with Crippen molar-refractivity contribution < 1.29 is 0 Å². The van der Waals surface area contributed by atoms with Gasteiger partial charge in [0.2, 0.25) is 0 Å². The van der Waals surface area contributed by atoms with Gasteiger partial charge in [-0.05, 0) is 26.6 Å². The van der Waals surface area contributed by atoms with Gasteiger partial charge in [-0.3, -0.25) is 4.79 Å². The summed E-state index contributed by atoms with van der Waals surface area (Å²) < 4.78 is 0. The first-order valence-electron chi connectivity index (χ1n) is 4.70. The number of nitrogens with one attached hydrogen (secondary N) is 1. The average molecular weight is 223 g/mol. The van der Waals surface area contributed by atoms with Crippen molar-refractivity contribution in [2.75, 3.05) is 14.1 Å². The summed E-state index contributed by atoms with van der Waals surface area (Å²) in [5, 5.41) is 0.736. The Morgan fingerprint density at radius 3 is 2.87 bits per heavy atom. The Balaban J connectivity index is 2.65. The maximum absolute atomic E-state index is 11.6. The fourth-order valence-corrected chi connectivity index (χ4v) is 2.83. The molecule has 15 heavy (non-hydrogen) atoms. The highest BCUT2D eigenvalue weighted by Gasteiger charge is 2.12. The molecule has 0 saturated heterocycles. The Morgan fingerprint density at radius 2 is 2.27 bits per heavy atom. The minimum absolute atomic E-state index is 0.0428. The van der Waals surface area contributed by atoms with Crippen molar-refractivity contribution in [2.24, 2.45) is 0 Å². The first-order chi connectivity index (χ1) is 7.09. The molecule has 2 heterocycles. The number of hydrogen-bond donors (Lipinski definition) is 1. The predicted molar refractivity (Wildman–Crippen MR) is 62.4 cm³/mol. The monoisotopic (exact) mass is 223 g/mol. The second-order valence-electron chi connectivity index (χ2n) is 3.80. The van der Waals surface area contributed by atoms with Gasteiger partial charge in [0, 0.05) is 11.4 Å². The van der Waals surface area contributed by atoms with Gasteiger partial charge in [-0.2, -0.15) is 0 Å². The lowest BCUT2D eigenvalue weighted by Gasteiger charge is -2.07. The van der Waals surface area contributed by atoms with Crippen LogP contribution in [0, 0.1) is 6.92 Å². The van der Waals surface area contributed by atoms with Crippen LogP contribution in [0.2, 0.25) is 0 Å².